The third-order valence-electron chi connectivity index (χ3n) is 3.80. The minimum atomic E-state index is -0.334. The lowest BCUT2D eigenvalue weighted by Gasteiger charge is -2.19. The zero-order valence-electron chi connectivity index (χ0n) is 13.5. The molecule has 2 N–H and O–H groups in total. The zero-order chi connectivity index (χ0) is 16.1. The first-order valence-electron chi connectivity index (χ1n) is 7.95. The van der Waals surface area contributed by atoms with Crippen molar-refractivity contribution in [3.63, 3.8) is 0 Å². The van der Waals surface area contributed by atoms with E-state index in [1.807, 2.05) is 6.92 Å². The van der Waals surface area contributed by atoms with E-state index in [0.717, 1.165) is 31.2 Å². The Morgan fingerprint density at radius 3 is 2.82 bits per heavy atom. The Kier molecular flexibility index (Phi) is 5.83. The topological polar surface area (TPSA) is 67.4 Å². The van der Waals surface area contributed by atoms with Gasteiger partial charge in [-0.2, -0.15) is 0 Å². The van der Waals surface area contributed by atoms with Gasteiger partial charge in [0.1, 0.15) is 5.00 Å². The molecule has 1 aromatic rings. The fraction of sp³-hybridized carbons (Fsp3) is 0.625. The number of carbonyl (C=O) groups excluding carboxylic acids is 2. The van der Waals surface area contributed by atoms with Crippen LogP contribution in [0.5, 0.6) is 0 Å². The summed E-state index contributed by atoms with van der Waals surface area (Å²) in [4.78, 5) is 25.5. The smallest absolute Gasteiger partial charge is 0.341 e. The van der Waals surface area contributed by atoms with Crippen LogP contribution in [0, 0.1) is 0 Å². The van der Waals surface area contributed by atoms with Gasteiger partial charge in [0.2, 0.25) is 0 Å². The Hall–Kier alpha value is -1.56. The average molecular weight is 324 g/mol. The number of ether oxygens (including phenoxy) is 1. The number of thiophene rings is 1. The van der Waals surface area contributed by atoms with Gasteiger partial charge in [0.05, 0.1) is 12.2 Å². The number of carbonyl (C=O) groups is 2. The molecule has 0 spiro atoms. The predicted octanol–water partition coefficient (Wildman–Crippen LogP) is 3.90. The quantitative estimate of drug-likeness (QED) is 0.807. The molecule has 6 heteroatoms. The van der Waals surface area contributed by atoms with Crippen molar-refractivity contribution in [3.05, 3.63) is 16.0 Å². The van der Waals surface area contributed by atoms with Crippen LogP contribution in [-0.4, -0.2) is 25.2 Å². The Labute approximate surface area is 135 Å². The first-order valence-corrected chi connectivity index (χ1v) is 8.77. The van der Waals surface area contributed by atoms with Crippen LogP contribution >= 0.6 is 11.3 Å². The van der Waals surface area contributed by atoms with Gasteiger partial charge in [-0.25, -0.2) is 9.59 Å². The molecule has 1 aromatic heterocycles. The maximum atomic E-state index is 12.4. The summed E-state index contributed by atoms with van der Waals surface area (Å²) in [6, 6.07) is -0.265. The fourth-order valence-corrected chi connectivity index (χ4v) is 4.14. The van der Waals surface area contributed by atoms with Gasteiger partial charge >= 0.3 is 12.0 Å². The summed E-state index contributed by atoms with van der Waals surface area (Å²) in [6.45, 7) is 6.87. The lowest BCUT2D eigenvalue weighted by molar-refractivity contribution is 0.0526. The number of urea groups is 1. The van der Waals surface area contributed by atoms with Crippen LogP contribution in [0.3, 0.4) is 0 Å². The molecule has 22 heavy (non-hydrogen) atoms. The molecule has 1 unspecified atom stereocenters. The van der Waals surface area contributed by atoms with Gasteiger partial charge in [0, 0.05) is 11.4 Å². The normalized spacial score (nSPS) is 16.8. The molecule has 1 aliphatic rings. The van der Waals surface area contributed by atoms with E-state index in [0.29, 0.717) is 29.6 Å². The molecule has 0 fully saturated rings. The average Bonchev–Trinajstić information content (AvgIpc) is 2.84. The Morgan fingerprint density at radius 2 is 2.14 bits per heavy atom. The summed E-state index contributed by atoms with van der Waals surface area (Å²) >= 11 is 1.51. The number of anilines is 1. The summed E-state index contributed by atoms with van der Waals surface area (Å²) in [7, 11) is 0. The number of amides is 2. The molecule has 2 rings (SSSR count). The monoisotopic (exact) mass is 324 g/mol. The Morgan fingerprint density at radius 1 is 1.36 bits per heavy atom. The van der Waals surface area contributed by atoms with Gasteiger partial charge in [0.25, 0.3) is 0 Å². The molecule has 122 valence electrons. The van der Waals surface area contributed by atoms with E-state index in [2.05, 4.69) is 17.6 Å². The van der Waals surface area contributed by atoms with Crippen molar-refractivity contribution < 1.29 is 14.3 Å². The highest BCUT2D eigenvalue weighted by molar-refractivity contribution is 7.17. The number of hydrogen-bond donors (Lipinski definition) is 2. The number of nitrogens with one attached hydrogen (secondary N) is 2. The third-order valence-corrected chi connectivity index (χ3v) is 4.98. The summed E-state index contributed by atoms with van der Waals surface area (Å²) in [5, 5.41) is 6.22. The van der Waals surface area contributed by atoms with Crippen LogP contribution in [-0.2, 0) is 11.2 Å². The summed E-state index contributed by atoms with van der Waals surface area (Å²) < 4.78 is 5.20. The van der Waals surface area contributed by atoms with E-state index in [1.54, 1.807) is 6.92 Å². The van der Waals surface area contributed by atoms with Crippen LogP contribution in [0.4, 0.5) is 9.80 Å². The van der Waals surface area contributed by atoms with Crippen molar-refractivity contribution in [1.82, 2.24) is 5.32 Å². The molecular weight excluding hydrogens is 300 g/mol. The molecule has 2 amide bonds. The first kappa shape index (κ1) is 16.8. The zero-order valence-corrected chi connectivity index (χ0v) is 14.3. The van der Waals surface area contributed by atoms with Gasteiger partial charge in [-0.3, -0.25) is 5.32 Å². The summed E-state index contributed by atoms with van der Waals surface area (Å²) in [6.07, 6.45) is 4.03. The van der Waals surface area contributed by atoms with Gasteiger partial charge in [-0.1, -0.05) is 13.8 Å². The van der Waals surface area contributed by atoms with Crippen molar-refractivity contribution >= 4 is 28.3 Å². The summed E-state index contributed by atoms with van der Waals surface area (Å²) in [5.41, 5.74) is 1.63. The molecule has 0 saturated heterocycles. The molecule has 5 nitrogen and oxygen atoms in total. The third kappa shape index (κ3) is 3.61. The van der Waals surface area contributed by atoms with E-state index in [1.165, 1.54) is 16.2 Å². The highest BCUT2D eigenvalue weighted by Crippen LogP contribution is 2.43. The molecule has 1 heterocycles. The Bertz CT molecular complexity index is 554. The molecule has 1 aliphatic carbocycles. The van der Waals surface area contributed by atoms with Crippen molar-refractivity contribution in [2.24, 2.45) is 0 Å². The van der Waals surface area contributed by atoms with Crippen molar-refractivity contribution in [3.8, 4) is 0 Å². The molecule has 0 aromatic carbocycles. The van der Waals surface area contributed by atoms with Crippen LogP contribution in [0.25, 0.3) is 0 Å². The molecule has 0 saturated carbocycles. The van der Waals surface area contributed by atoms with E-state index in [4.69, 9.17) is 4.74 Å². The maximum Gasteiger partial charge on any atom is 0.341 e. The Balaban J connectivity index is 2.31. The SMILES string of the molecule is CCCNC(=O)Nc1sc2c(c1C(=O)OCC)C(C)CCC2. The molecule has 0 aliphatic heterocycles. The maximum absolute atomic E-state index is 12.4. The highest BCUT2D eigenvalue weighted by atomic mass is 32.1. The summed E-state index contributed by atoms with van der Waals surface area (Å²) in [5.74, 6) is -0.00630. The predicted molar refractivity (Wildman–Crippen MR) is 88.9 cm³/mol. The second-order valence-corrected chi connectivity index (χ2v) is 6.64. The minimum absolute atomic E-state index is 0.265. The van der Waals surface area contributed by atoms with E-state index >= 15 is 0 Å². The lowest BCUT2D eigenvalue weighted by atomic mass is 9.86. The van der Waals surface area contributed by atoms with Crippen molar-refractivity contribution in [2.45, 2.75) is 52.4 Å². The van der Waals surface area contributed by atoms with Crippen molar-refractivity contribution in [1.29, 1.82) is 0 Å². The van der Waals surface area contributed by atoms with E-state index in [9.17, 15) is 9.59 Å². The second-order valence-electron chi connectivity index (χ2n) is 5.54. The lowest BCUT2D eigenvalue weighted by Crippen LogP contribution is -2.29. The largest absolute Gasteiger partial charge is 0.462 e. The molecule has 1 atom stereocenters. The van der Waals surface area contributed by atoms with Crippen molar-refractivity contribution in [2.75, 3.05) is 18.5 Å². The van der Waals surface area contributed by atoms with Crippen LogP contribution in [0.15, 0.2) is 0 Å². The molecule has 0 bridgehead atoms. The first-order chi connectivity index (χ1) is 10.6. The number of esters is 1. The standard InChI is InChI=1S/C16H24N2O3S/c1-4-9-17-16(20)18-14-13(15(19)21-5-2)12-10(3)7-6-8-11(12)22-14/h10H,4-9H2,1-3H3,(H2,17,18,20). The highest BCUT2D eigenvalue weighted by Gasteiger charge is 2.30. The number of aryl methyl sites for hydroxylation is 1. The number of hydrogen-bond acceptors (Lipinski definition) is 4. The minimum Gasteiger partial charge on any atom is -0.462 e. The molecule has 0 radical (unpaired) electrons. The van der Waals surface area contributed by atoms with Gasteiger partial charge < -0.3 is 10.1 Å². The molecular formula is C16H24N2O3S. The van der Waals surface area contributed by atoms with Gasteiger partial charge in [0.15, 0.2) is 0 Å². The van der Waals surface area contributed by atoms with Crippen LogP contribution in [0.1, 0.15) is 66.8 Å². The van der Waals surface area contributed by atoms with Crippen LogP contribution < -0.4 is 10.6 Å². The van der Waals surface area contributed by atoms with Gasteiger partial charge in [-0.05, 0) is 44.1 Å². The van der Waals surface area contributed by atoms with Gasteiger partial charge in [-0.15, -0.1) is 11.3 Å². The second kappa shape index (κ2) is 7.63. The van der Waals surface area contributed by atoms with Crippen LogP contribution in [0.2, 0.25) is 0 Å². The number of rotatable bonds is 5. The van der Waals surface area contributed by atoms with E-state index < -0.39 is 0 Å². The number of fused-ring (bicyclic) bond motifs is 1. The van der Waals surface area contributed by atoms with E-state index in [-0.39, 0.29) is 12.0 Å². The fourth-order valence-electron chi connectivity index (χ4n) is 2.79.